The van der Waals surface area contributed by atoms with Crippen LogP contribution in [0.2, 0.25) is 0 Å². The van der Waals surface area contributed by atoms with Crippen LogP contribution in [-0.4, -0.2) is 68.0 Å². The molecule has 3 N–H and O–H groups in total. The van der Waals surface area contributed by atoms with Gasteiger partial charge in [0.25, 0.3) is 5.91 Å². The van der Waals surface area contributed by atoms with Crippen LogP contribution in [0.4, 0.5) is 0 Å². The van der Waals surface area contributed by atoms with Crippen molar-refractivity contribution in [3.05, 3.63) is 65.7 Å². The third-order valence-electron chi connectivity index (χ3n) is 5.13. The summed E-state index contributed by atoms with van der Waals surface area (Å²) in [5.74, 6) is 1.13. The van der Waals surface area contributed by atoms with Crippen LogP contribution in [0.1, 0.15) is 11.1 Å². The molecule has 1 aliphatic rings. The van der Waals surface area contributed by atoms with Gasteiger partial charge in [0, 0.05) is 46.3 Å². The Labute approximate surface area is 178 Å². The van der Waals surface area contributed by atoms with E-state index in [0.717, 1.165) is 51.6 Å². The van der Waals surface area contributed by atoms with Gasteiger partial charge >= 0.3 is 0 Å². The van der Waals surface area contributed by atoms with Gasteiger partial charge in [0.05, 0.1) is 0 Å². The van der Waals surface area contributed by atoms with Crippen molar-refractivity contribution in [2.24, 2.45) is 10.7 Å². The summed E-state index contributed by atoms with van der Waals surface area (Å²) in [7, 11) is 1.84. The van der Waals surface area contributed by atoms with Crippen LogP contribution in [0.25, 0.3) is 0 Å². The minimum Gasteiger partial charge on any atom is -0.484 e. The Morgan fingerprint density at radius 1 is 1.03 bits per heavy atom. The van der Waals surface area contributed by atoms with E-state index in [4.69, 9.17) is 10.5 Å². The molecule has 0 unspecified atom stereocenters. The monoisotopic (exact) mass is 409 g/mol. The Balaban J connectivity index is 1.39. The van der Waals surface area contributed by atoms with Gasteiger partial charge in [-0.2, -0.15) is 0 Å². The van der Waals surface area contributed by atoms with Crippen molar-refractivity contribution in [1.82, 2.24) is 15.1 Å². The molecule has 0 spiro atoms. The number of nitrogens with two attached hydrogens (primary N) is 1. The lowest BCUT2D eigenvalue weighted by molar-refractivity contribution is -0.119. The summed E-state index contributed by atoms with van der Waals surface area (Å²) in [5.41, 5.74) is 7.64. The number of primary amides is 1. The molecule has 0 saturated carbocycles. The number of amides is 1. The maximum Gasteiger partial charge on any atom is 0.255 e. The number of carbonyl (C=O) groups excluding carboxylic acids is 1. The number of hydrogen-bond donors (Lipinski definition) is 2. The van der Waals surface area contributed by atoms with Crippen molar-refractivity contribution in [3.63, 3.8) is 0 Å². The second-order valence-corrected chi connectivity index (χ2v) is 7.37. The zero-order valence-corrected chi connectivity index (χ0v) is 17.6. The number of carbonyl (C=O) groups is 1. The number of rotatable bonds is 8. The molecule has 0 bridgehead atoms. The fraction of sp³-hybridized carbons (Fsp3) is 0.391. The summed E-state index contributed by atoms with van der Waals surface area (Å²) in [6.07, 6.45) is 0.878. The minimum absolute atomic E-state index is 0.101. The molecule has 0 radical (unpaired) electrons. The lowest BCUT2D eigenvalue weighted by Crippen LogP contribution is -2.52. The Kier molecular flexibility index (Phi) is 8.09. The Morgan fingerprint density at radius 2 is 1.73 bits per heavy atom. The zero-order valence-electron chi connectivity index (χ0n) is 17.6. The van der Waals surface area contributed by atoms with Crippen LogP contribution in [0, 0.1) is 0 Å². The lowest BCUT2D eigenvalue weighted by Gasteiger charge is -2.36. The van der Waals surface area contributed by atoms with E-state index >= 15 is 0 Å². The molecule has 0 aromatic heterocycles. The van der Waals surface area contributed by atoms with E-state index in [-0.39, 0.29) is 6.61 Å². The van der Waals surface area contributed by atoms with Crippen molar-refractivity contribution in [1.29, 1.82) is 0 Å². The molecule has 30 heavy (non-hydrogen) atoms. The molecule has 2 aromatic carbocycles. The topological polar surface area (TPSA) is 83.2 Å². The average Bonchev–Trinajstić information content (AvgIpc) is 2.77. The van der Waals surface area contributed by atoms with Crippen molar-refractivity contribution in [2.45, 2.75) is 13.0 Å². The first-order valence-electron chi connectivity index (χ1n) is 10.4. The van der Waals surface area contributed by atoms with Crippen LogP contribution in [-0.2, 0) is 17.8 Å². The average molecular weight is 410 g/mol. The summed E-state index contributed by atoms with van der Waals surface area (Å²) < 4.78 is 5.29. The van der Waals surface area contributed by atoms with E-state index in [1.54, 1.807) is 0 Å². The first kappa shape index (κ1) is 21.6. The SMILES string of the molecule is CN=C(NCCc1ccc(OCC(N)=O)cc1)N1CCN(Cc2ccccc2)CC1. The Hall–Kier alpha value is -3.06. The summed E-state index contributed by atoms with van der Waals surface area (Å²) in [4.78, 5) is 20.0. The molecule has 7 heteroatoms. The summed E-state index contributed by atoms with van der Waals surface area (Å²) >= 11 is 0. The second kappa shape index (κ2) is 11.2. The van der Waals surface area contributed by atoms with Gasteiger partial charge in [0.2, 0.25) is 0 Å². The number of aliphatic imine (C=N–C) groups is 1. The molecule has 1 heterocycles. The third-order valence-corrected chi connectivity index (χ3v) is 5.13. The summed E-state index contributed by atoms with van der Waals surface area (Å²) in [6, 6.07) is 18.3. The van der Waals surface area contributed by atoms with Gasteiger partial charge in [0.1, 0.15) is 5.75 Å². The van der Waals surface area contributed by atoms with Crippen LogP contribution >= 0.6 is 0 Å². The van der Waals surface area contributed by atoms with Gasteiger partial charge in [-0.25, -0.2) is 0 Å². The number of nitrogens with zero attached hydrogens (tertiary/aromatic N) is 3. The molecular formula is C23H31N5O2. The van der Waals surface area contributed by atoms with Crippen LogP contribution < -0.4 is 15.8 Å². The van der Waals surface area contributed by atoms with Crippen molar-refractivity contribution in [2.75, 3.05) is 46.4 Å². The Bertz CT molecular complexity index is 815. The van der Waals surface area contributed by atoms with Crippen LogP contribution in [0.15, 0.2) is 59.6 Å². The maximum atomic E-state index is 10.8. The fourth-order valence-corrected chi connectivity index (χ4v) is 3.52. The molecule has 3 rings (SSSR count). The highest BCUT2D eigenvalue weighted by molar-refractivity contribution is 5.80. The molecule has 160 valence electrons. The highest BCUT2D eigenvalue weighted by Gasteiger charge is 2.19. The van der Waals surface area contributed by atoms with Crippen molar-refractivity contribution in [3.8, 4) is 5.75 Å². The largest absolute Gasteiger partial charge is 0.484 e. The number of ether oxygens (including phenoxy) is 1. The maximum absolute atomic E-state index is 10.8. The molecule has 1 saturated heterocycles. The molecular weight excluding hydrogens is 378 g/mol. The van der Waals surface area contributed by atoms with Crippen LogP contribution in [0.3, 0.4) is 0 Å². The summed E-state index contributed by atoms with van der Waals surface area (Å²) in [5, 5.41) is 3.47. The number of benzene rings is 2. The number of hydrogen-bond acceptors (Lipinski definition) is 4. The van der Waals surface area contributed by atoms with E-state index in [0.29, 0.717) is 5.75 Å². The lowest BCUT2D eigenvalue weighted by atomic mass is 10.1. The molecule has 1 amide bonds. The molecule has 0 atom stereocenters. The van der Waals surface area contributed by atoms with Gasteiger partial charge in [-0.1, -0.05) is 42.5 Å². The van der Waals surface area contributed by atoms with Gasteiger partial charge in [-0.3, -0.25) is 14.7 Å². The quantitative estimate of drug-likeness (QED) is 0.510. The predicted octanol–water partition coefficient (Wildman–Crippen LogP) is 1.49. The molecule has 1 fully saturated rings. The molecule has 0 aliphatic carbocycles. The van der Waals surface area contributed by atoms with Crippen molar-refractivity contribution < 1.29 is 9.53 Å². The van der Waals surface area contributed by atoms with Crippen LogP contribution in [0.5, 0.6) is 5.75 Å². The van der Waals surface area contributed by atoms with E-state index in [9.17, 15) is 4.79 Å². The highest BCUT2D eigenvalue weighted by atomic mass is 16.5. The second-order valence-electron chi connectivity index (χ2n) is 7.37. The van der Waals surface area contributed by atoms with Gasteiger partial charge in [-0.15, -0.1) is 0 Å². The molecule has 1 aliphatic heterocycles. The fourth-order valence-electron chi connectivity index (χ4n) is 3.52. The van der Waals surface area contributed by atoms with Gasteiger partial charge in [0.15, 0.2) is 12.6 Å². The van der Waals surface area contributed by atoms with E-state index in [2.05, 4.69) is 50.4 Å². The first-order chi connectivity index (χ1) is 14.6. The Morgan fingerprint density at radius 3 is 2.37 bits per heavy atom. The van der Waals surface area contributed by atoms with Gasteiger partial charge < -0.3 is 20.7 Å². The minimum atomic E-state index is -0.476. The molecule has 2 aromatic rings. The van der Waals surface area contributed by atoms with Crippen molar-refractivity contribution >= 4 is 11.9 Å². The highest BCUT2D eigenvalue weighted by Crippen LogP contribution is 2.12. The first-order valence-corrected chi connectivity index (χ1v) is 10.4. The zero-order chi connectivity index (χ0) is 21.2. The number of guanidine groups is 1. The van der Waals surface area contributed by atoms with E-state index in [1.165, 1.54) is 11.1 Å². The number of piperazine rings is 1. The van der Waals surface area contributed by atoms with E-state index in [1.807, 2.05) is 31.3 Å². The normalized spacial score (nSPS) is 15.1. The molecule has 7 nitrogen and oxygen atoms in total. The standard InChI is InChI=1S/C23H31N5O2/c1-25-23(26-12-11-19-7-9-21(10-8-19)30-18-22(24)29)28-15-13-27(14-16-28)17-20-5-3-2-4-6-20/h2-10H,11-18H2,1H3,(H2,24,29)(H,25,26). The van der Waals surface area contributed by atoms with Gasteiger partial charge in [-0.05, 0) is 29.7 Å². The van der Waals surface area contributed by atoms with E-state index < -0.39 is 5.91 Å². The summed E-state index contributed by atoms with van der Waals surface area (Å²) in [6.45, 7) is 5.70. The number of nitrogens with one attached hydrogen (secondary N) is 1. The third kappa shape index (κ3) is 6.77. The predicted molar refractivity (Wildman–Crippen MR) is 119 cm³/mol. The smallest absolute Gasteiger partial charge is 0.255 e.